The lowest BCUT2D eigenvalue weighted by molar-refractivity contribution is -0.139. The number of benzene rings is 2. The second kappa shape index (κ2) is 7.86. The SMILES string of the molecule is O=C(O)COc1cccc(C(=O)NC2CCCOc3ccc(F)cc32)c1. The lowest BCUT2D eigenvalue weighted by atomic mass is 10.0. The number of nitrogens with one attached hydrogen (secondary N) is 1. The molecule has 0 saturated carbocycles. The number of amides is 1. The molecule has 0 bridgehead atoms. The van der Waals surface area contributed by atoms with E-state index in [1.165, 1.54) is 18.2 Å². The largest absolute Gasteiger partial charge is 0.493 e. The summed E-state index contributed by atoms with van der Waals surface area (Å²) in [5, 5.41) is 11.6. The molecule has 136 valence electrons. The van der Waals surface area contributed by atoms with Crippen molar-refractivity contribution in [3.8, 4) is 11.5 Å². The van der Waals surface area contributed by atoms with Crippen molar-refractivity contribution in [2.45, 2.75) is 18.9 Å². The Balaban J connectivity index is 1.77. The van der Waals surface area contributed by atoms with E-state index in [0.29, 0.717) is 29.9 Å². The molecule has 1 aliphatic heterocycles. The number of hydrogen-bond donors (Lipinski definition) is 2. The molecule has 0 radical (unpaired) electrons. The van der Waals surface area contributed by atoms with Gasteiger partial charge in [-0.3, -0.25) is 4.79 Å². The lowest BCUT2D eigenvalue weighted by Crippen LogP contribution is -2.28. The van der Waals surface area contributed by atoms with Gasteiger partial charge in [0.1, 0.15) is 17.3 Å². The molecular weight excluding hydrogens is 341 g/mol. The Morgan fingerprint density at radius 3 is 2.92 bits per heavy atom. The first-order valence-corrected chi connectivity index (χ1v) is 8.20. The number of carbonyl (C=O) groups is 2. The summed E-state index contributed by atoms with van der Waals surface area (Å²) in [5.41, 5.74) is 0.935. The van der Waals surface area contributed by atoms with Crippen LogP contribution in [0, 0.1) is 5.82 Å². The third kappa shape index (κ3) is 4.30. The average Bonchev–Trinajstić information content (AvgIpc) is 2.82. The van der Waals surface area contributed by atoms with E-state index in [9.17, 15) is 14.0 Å². The fourth-order valence-electron chi connectivity index (χ4n) is 2.81. The first kappa shape index (κ1) is 17.7. The maximum Gasteiger partial charge on any atom is 0.341 e. The highest BCUT2D eigenvalue weighted by atomic mass is 19.1. The van der Waals surface area contributed by atoms with Gasteiger partial charge in [0.15, 0.2) is 6.61 Å². The molecule has 3 rings (SSSR count). The van der Waals surface area contributed by atoms with Gasteiger partial charge in [-0.2, -0.15) is 0 Å². The van der Waals surface area contributed by atoms with Crippen LogP contribution in [0.15, 0.2) is 42.5 Å². The van der Waals surface area contributed by atoms with Crippen molar-refractivity contribution in [1.29, 1.82) is 0 Å². The van der Waals surface area contributed by atoms with E-state index in [0.717, 1.165) is 6.42 Å². The summed E-state index contributed by atoms with van der Waals surface area (Å²) in [6.45, 7) is 0.0151. The predicted molar refractivity (Wildman–Crippen MR) is 90.9 cm³/mol. The number of rotatable bonds is 5. The van der Waals surface area contributed by atoms with E-state index in [-0.39, 0.29) is 17.7 Å². The number of carboxylic acid groups (broad SMARTS) is 1. The summed E-state index contributed by atoms with van der Waals surface area (Å²) in [6.07, 6.45) is 1.35. The monoisotopic (exact) mass is 359 g/mol. The van der Waals surface area contributed by atoms with E-state index in [1.54, 1.807) is 24.3 Å². The van der Waals surface area contributed by atoms with Crippen molar-refractivity contribution < 1.29 is 28.6 Å². The standard InChI is InChI=1S/C19H18FNO5/c20-13-6-7-17-15(10-13)16(5-2-8-25-17)21-19(24)12-3-1-4-14(9-12)26-11-18(22)23/h1,3-4,6-7,9-10,16H,2,5,8,11H2,(H,21,24)(H,22,23). The number of fused-ring (bicyclic) bond motifs is 1. The van der Waals surface area contributed by atoms with E-state index in [2.05, 4.69) is 5.32 Å². The average molecular weight is 359 g/mol. The Morgan fingerprint density at radius 1 is 1.27 bits per heavy atom. The molecular formula is C19H18FNO5. The van der Waals surface area contributed by atoms with Crippen LogP contribution in [-0.2, 0) is 4.79 Å². The molecule has 26 heavy (non-hydrogen) atoms. The van der Waals surface area contributed by atoms with Gasteiger partial charge in [-0.05, 0) is 49.2 Å². The molecule has 0 fully saturated rings. The Bertz CT molecular complexity index is 823. The third-order valence-electron chi connectivity index (χ3n) is 4.01. The smallest absolute Gasteiger partial charge is 0.341 e. The second-order valence-electron chi connectivity index (χ2n) is 5.91. The fraction of sp³-hybridized carbons (Fsp3) is 0.263. The highest BCUT2D eigenvalue weighted by Gasteiger charge is 2.23. The quantitative estimate of drug-likeness (QED) is 0.857. The molecule has 6 nitrogen and oxygen atoms in total. The van der Waals surface area contributed by atoms with Crippen molar-refractivity contribution in [3.63, 3.8) is 0 Å². The molecule has 2 N–H and O–H groups in total. The van der Waals surface area contributed by atoms with Gasteiger partial charge in [-0.25, -0.2) is 9.18 Å². The molecule has 1 amide bonds. The van der Waals surface area contributed by atoms with Crippen LogP contribution in [0.5, 0.6) is 11.5 Å². The zero-order valence-electron chi connectivity index (χ0n) is 13.9. The van der Waals surface area contributed by atoms with E-state index in [4.69, 9.17) is 14.6 Å². The maximum absolute atomic E-state index is 13.6. The Kier molecular flexibility index (Phi) is 5.36. The first-order valence-electron chi connectivity index (χ1n) is 8.20. The molecule has 0 saturated heterocycles. The van der Waals surface area contributed by atoms with Crippen molar-refractivity contribution in [1.82, 2.24) is 5.32 Å². The summed E-state index contributed by atoms with van der Waals surface area (Å²) >= 11 is 0. The minimum absolute atomic E-state index is 0.288. The van der Waals surface area contributed by atoms with Crippen molar-refractivity contribution in [2.75, 3.05) is 13.2 Å². The molecule has 1 aliphatic rings. The minimum Gasteiger partial charge on any atom is -0.493 e. The highest BCUT2D eigenvalue weighted by molar-refractivity contribution is 5.94. The van der Waals surface area contributed by atoms with Crippen LogP contribution < -0.4 is 14.8 Å². The number of aliphatic carboxylic acids is 1. The molecule has 1 heterocycles. The van der Waals surface area contributed by atoms with Gasteiger partial charge in [0.05, 0.1) is 12.6 Å². The summed E-state index contributed by atoms with van der Waals surface area (Å²) in [6, 6.07) is 10.1. The number of ether oxygens (including phenoxy) is 2. The number of halogens is 1. The van der Waals surface area contributed by atoms with Crippen LogP contribution in [0.1, 0.15) is 34.8 Å². The third-order valence-corrected chi connectivity index (χ3v) is 4.01. The molecule has 2 aromatic carbocycles. The molecule has 0 aromatic heterocycles. The zero-order chi connectivity index (χ0) is 18.5. The molecule has 7 heteroatoms. The van der Waals surface area contributed by atoms with Crippen molar-refractivity contribution in [2.24, 2.45) is 0 Å². The van der Waals surface area contributed by atoms with Crippen LogP contribution in [0.2, 0.25) is 0 Å². The summed E-state index contributed by atoms with van der Waals surface area (Å²) < 4.78 is 24.3. The Labute approximate surface area is 149 Å². The lowest BCUT2D eigenvalue weighted by Gasteiger charge is -2.18. The van der Waals surface area contributed by atoms with Crippen LogP contribution in [-0.4, -0.2) is 30.2 Å². The van der Waals surface area contributed by atoms with Crippen LogP contribution in [0.3, 0.4) is 0 Å². The van der Waals surface area contributed by atoms with Gasteiger partial charge in [-0.15, -0.1) is 0 Å². The van der Waals surface area contributed by atoms with Crippen molar-refractivity contribution in [3.05, 3.63) is 59.4 Å². The zero-order valence-corrected chi connectivity index (χ0v) is 13.9. The number of hydrogen-bond acceptors (Lipinski definition) is 4. The van der Waals surface area contributed by atoms with E-state index in [1.807, 2.05) is 0 Å². The Morgan fingerprint density at radius 2 is 2.12 bits per heavy atom. The van der Waals surface area contributed by atoms with Gasteiger partial charge in [0.2, 0.25) is 0 Å². The van der Waals surface area contributed by atoms with Gasteiger partial charge in [0, 0.05) is 11.1 Å². The van der Waals surface area contributed by atoms with Gasteiger partial charge >= 0.3 is 5.97 Å². The van der Waals surface area contributed by atoms with E-state index >= 15 is 0 Å². The van der Waals surface area contributed by atoms with E-state index < -0.39 is 18.4 Å². The number of carbonyl (C=O) groups excluding carboxylic acids is 1. The van der Waals surface area contributed by atoms with Crippen molar-refractivity contribution >= 4 is 11.9 Å². The minimum atomic E-state index is -1.10. The van der Waals surface area contributed by atoms with Crippen LogP contribution in [0.25, 0.3) is 0 Å². The van der Waals surface area contributed by atoms with Gasteiger partial charge in [0.25, 0.3) is 5.91 Å². The Hall–Kier alpha value is -3.09. The molecule has 0 spiro atoms. The molecule has 1 unspecified atom stereocenters. The normalized spacial score (nSPS) is 16.0. The summed E-state index contributed by atoms with van der Waals surface area (Å²) in [5.74, 6) is -0.995. The molecule has 2 aromatic rings. The predicted octanol–water partition coefficient (Wildman–Crippen LogP) is 2.93. The molecule has 0 aliphatic carbocycles. The topological polar surface area (TPSA) is 84.9 Å². The fourth-order valence-corrected chi connectivity index (χ4v) is 2.81. The molecule has 1 atom stereocenters. The van der Waals surface area contributed by atoms with Crippen LogP contribution >= 0.6 is 0 Å². The van der Waals surface area contributed by atoms with Gasteiger partial charge < -0.3 is 19.9 Å². The van der Waals surface area contributed by atoms with Crippen LogP contribution in [0.4, 0.5) is 4.39 Å². The first-order chi connectivity index (χ1) is 12.5. The highest BCUT2D eigenvalue weighted by Crippen LogP contribution is 2.32. The second-order valence-corrected chi connectivity index (χ2v) is 5.91. The number of carboxylic acids is 1. The summed E-state index contributed by atoms with van der Waals surface area (Å²) in [7, 11) is 0. The summed E-state index contributed by atoms with van der Waals surface area (Å²) in [4.78, 5) is 23.2. The van der Waals surface area contributed by atoms with Gasteiger partial charge in [-0.1, -0.05) is 6.07 Å². The maximum atomic E-state index is 13.6.